The van der Waals surface area contributed by atoms with E-state index in [4.69, 9.17) is 4.98 Å². The van der Waals surface area contributed by atoms with Gasteiger partial charge >= 0.3 is 0 Å². The van der Waals surface area contributed by atoms with E-state index in [0.717, 1.165) is 16.6 Å². The number of nitrogens with one attached hydrogen (secondary N) is 3. The number of aliphatic hydroxyl groups is 1. The van der Waals surface area contributed by atoms with Gasteiger partial charge in [0.15, 0.2) is 0 Å². The number of rotatable bonds is 7. The molecule has 1 atom stereocenters. The Hall–Kier alpha value is -3.11. The first kappa shape index (κ1) is 20.2. The van der Waals surface area contributed by atoms with Gasteiger partial charge in [-0.25, -0.2) is 4.98 Å². The van der Waals surface area contributed by atoms with Crippen molar-refractivity contribution in [3.63, 3.8) is 0 Å². The van der Waals surface area contributed by atoms with E-state index >= 15 is 0 Å². The van der Waals surface area contributed by atoms with Crippen molar-refractivity contribution in [2.75, 3.05) is 11.9 Å². The molecule has 0 unspecified atom stereocenters. The molecule has 1 aliphatic carbocycles. The van der Waals surface area contributed by atoms with Crippen LogP contribution in [0.15, 0.2) is 24.4 Å². The number of carbonyl (C=O) groups excluding carboxylic acids is 1. The number of pyridine rings is 1. The van der Waals surface area contributed by atoms with Gasteiger partial charge in [-0.3, -0.25) is 4.79 Å². The second-order valence-corrected chi connectivity index (χ2v) is 8.85. The fraction of sp³-hybridized carbons (Fsp3) is 0.435. The van der Waals surface area contributed by atoms with Gasteiger partial charge in [0.1, 0.15) is 5.69 Å². The van der Waals surface area contributed by atoms with Gasteiger partial charge in [0.05, 0.1) is 39.7 Å². The van der Waals surface area contributed by atoms with E-state index in [1.807, 2.05) is 6.07 Å². The SMILES string of the molecule is C[C@H](Nc1c(C(=O)NCCC(C)(C)O)c[nH]c2c3ccc(C#N)cc3nc1-2)C1CC1. The maximum atomic E-state index is 13.0. The predicted octanol–water partition coefficient (Wildman–Crippen LogP) is 3.64. The Morgan fingerprint density at radius 2 is 2.20 bits per heavy atom. The van der Waals surface area contributed by atoms with Crippen LogP contribution in [-0.4, -0.2) is 39.2 Å². The smallest absolute Gasteiger partial charge is 0.254 e. The van der Waals surface area contributed by atoms with Crippen molar-refractivity contribution in [3.05, 3.63) is 35.5 Å². The number of nitrogens with zero attached hydrogens (tertiary/aromatic N) is 2. The van der Waals surface area contributed by atoms with Crippen molar-refractivity contribution in [2.45, 2.75) is 51.7 Å². The average Bonchev–Trinajstić information content (AvgIpc) is 3.47. The fourth-order valence-corrected chi connectivity index (χ4v) is 3.72. The van der Waals surface area contributed by atoms with Crippen LogP contribution in [0.2, 0.25) is 0 Å². The number of carbonyl (C=O) groups is 1. The van der Waals surface area contributed by atoms with Crippen LogP contribution in [0.3, 0.4) is 0 Å². The van der Waals surface area contributed by atoms with E-state index < -0.39 is 5.60 Å². The second-order valence-electron chi connectivity index (χ2n) is 8.85. The third kappa shape index (κ3) is 4.10. The summed E-state index contributed by atoms with van der Waals surface area (Å²) in [5, 5.41) is 26.5. The maximum Gasteiger partial charge on any atom is 0.254 e. The molecule has 1 aromatic carbocycles. The summed E-state index contributed by atoms with van der Waals surface area (Å²) in [4.78, 5) is 20.9. The minimum atomic E-state index is -0.839. The van der Waals surface area contributed by atoms with Crippen LogP contribution in [0.25, 0.3) is 22.3 Å². The molecule has 7 heteroatoms. The van der Waals surface area contributed by atoms with Gasteiger partial charge in [0.25, 0.3) is 5.91 Å². The minimum absolute atomic E-state index is 0.215. The fourth-order valence-electron chi connectivity index (χ4n) is 3.72. The number of fused-ring (bicyclic) bond motifs is 3. The summed E-state index contributed by atoms with van der Waals surface area (Å²) in [5.74, 6) is 0.387. The summed E-state index contributed by atoms with van der Waals surface area (Å²) in [6, 6.07) is 7.80. The molecule has 2 heterocycles. The summed E-state index contributed by atoms with van der Waals surface area (Å²) >= 11 is 0. The van der Waals surface area contributed by atoms with Crippen LogP contribution < -0.4 is 10.6 Å². The Balaban J connectivity index is 1.74. The van der Waals surface area contributed by atoms with Crippen molar-refractivity contribution < 1.29 is 9.90 Å². The molecule has 0 saturated heterocycles. The summed E-state index contributed by atoms with van der Waals surface area (Å²) in [6.07, 6.45) is 4.54. The molecular formula is C23H27N5O2. The summed E-state index contributed by atoms with van der Waals surface area (Å²) < 4.78 is 0. The number of hydrogen-bond acceptors (Lipinski definition) is 5. The van der Waals surface area contributed by atoms with Crippen LogP contribution in [0.4, 0.5) is 5.69 Å². The molecule has 0 radical (unpaired) electrons. The van der Waals surface area contributed by atoms with Crippen molar-refractivity contribution in [1.29, 1.82) is 5.26 Å². The van der Waals surface area contributed by atoms with Crippen LogP contribution in [0.5, 0.6) is 0 Å². The zero-order valence-electron chi connectivity index (χ0n) is 17.5. The number of aromatic nitrogens is 2. The maximum absolute atomic E-state index is 13.0. The first-order valence-corrected chi connectivity index (χ1v) is 10.4. The quantitative estimate of drug-likeness (QED) is 0.479. The lowest BCUT2D eigenvalue weighted by Crippen LogP contribution is -2.32. The predicted molar refractivity (Wildman–Crippen MR) is 116 cm³/mol. The third-order valence-electron chi connectivity index (χ3n) is 5.70. The number of anilines is 1. The van der Waals surface area contributed by atoms with Gasteiger partial charge in [0.2, 0.25) is 0 Å². The molecule has 30 heavy (non-hydrogen) atoms. The van der Waals surface area contributed by atoms with Gasteiger partial charge in [-0.15, -0.1) is 0 Å². The van der Waals surface area contributed by atoms with Crippen LogP contribution in [0.1, 0.15) is 56.0 Å². The molecular weight excluding hydrogens is 378 g/mol. The molecule has 1 aromatic rings. The first-order chi connectivity index (χ1) is 14.3. The molecule has 7 nitrogen and oxygen atoms in total. The number of H-pyrrole nitrogens is 1. The van der Waals surface area contributed by atoms with E-state index in [0.29, 0.717) is 41.4 Å². The second kappa shape index (κ2) is 7.62. The Kier molecular flexibility index (Phi) is 5.12. The van der Waals surface area contributed by atoms with Crippen molar-refractivity contribution in [2.24, 2.45) is 5.92 Å². The molecule has 4 N–H and O–H groups in total. The van der Waals surface area contributed by atoms with E-state index in [1.54, 1.807) is 32.2 Å². The molecule has 0 bridgehead atoms. The molecule has 1 amide bonds. The van der Waals surface area contributed by atoms with E-state index in [-0.39, 0.29) is 11.9 Å². The van der Waals surface area contributed by atoms with Crippen molar-refractivity contribution in [1.82, 2.24) is 15.3 Å². The average molecular weight is 406 g/mol. The summed E-state index contributed by atoms with van der Waals surface area (Å²) in [7, 11) is 0. The normalized spacial score (nSPS) is 15.2. The standard InChI is InChI=1S/C23H27N5O2/c1-13(15-5-6-15)27-20-17(22(29)25-9-8-23(2,3)30)12-26-19-16-7-4-14(11-24)10-18(16)28-21(19)20/h4,7,10,12-13,15,26-27,30H,5-6,8-9H2,1-3H3,(H,25,29)/t13-/m0/s1. The molecule has 3 aliphatic rings. The van der Waals surface area contributed by atoms with Crippen molar-refractivity contribution in [3.8, 4) is 17.5 Å². The van der Waals surface area contributed by atoms with Crippen LogP contribution >= 0.6 is 0 Å². The van der Waals surface area contributed by atoms with Crippen LogP contribution in [0, 0.1) is 17.2 Å². The Bertz CT molecular complexity index is 1100. The highest BCUT2D eigenvalue weighted by Crippen LogP contribution is 2.40. The van der Waals surface area contributed by atoms with Gasteiger partial charge < -0.3 is 20.7 Å². The van der Waals surface area contributed by atoms with Crippen molar-refractivity contribution >= 4 is 22.5 Å². The number of hydrogen-bond donors (Lipinski definition) is 4. The number of benzene rings is 1. The molecule has 156 valence electrons. The molecule has 1 fully saturated rings. The highest BCUT2D eigenvalue weighted by molar-refractivity contribution is 6.07. The van der Waals surface area contributed by atoms with Crippen LogP contribution in [-0.2, 0) is 0 Å². The Morgan fingerprint density at radius 1 is 1.43 bits per heavy atom. The number of nitriles is 1. The van der Waals surface area contributed by atoms with Gasteiger partial charge in [-0.1, -0.05) is 0 Å². The third-order valence-corrected chi connectivity index (χ3v) is 5.70. The number of amides is 1. The lowest BCUT2D eigenvalue weighted by molar-refractivity contribution is 0.0693. The highest BCUT2D eigenvalue weighted by Gasteiger charge is 2.31. The van der Waals surface area contributed by atoms with Gasteiger partial charge in [-0.2, -0.15) is 5.26 Å². The molecule has 0 spiro atoms. The van der Waals surface area contributed by atoms with Gasteiger partial charge in [-0.05, 0) is 64.2 Å². The van der Waals surface area contributed by atoms with Gasteiger partial charge in [0, 0.05) is 24.2 Å². The molecule has 4 rings (SSSR count). The monoisotopic (exact) mass is 405 g/mol. The summed E-state index contributed by atoms with van der Waals surface area (Å²) in [5.41, 5.74) is 3.18. The van der Waals surface area contributed by atoms with E-state index in [1.165, 1.54) is 12.8 Å². The zero-order valence-corrected chi connectivity index (χ0v) is 17.5. The lowest BCUT2D eigenvalue weighted by Gasteiger charge is -2.21. The van der Waals surface area contributed by atoms with E-state index in [9.17, 15) is 15.2 Å². The lowest BCUT2D eigenvalue weighted by atomic mass is 10.0. The topological polar surface area (TPSA) is 114 Å². The van der Waals surface area contributed by atoms with E-state index in [2.05, 4.69) is 28.6 Å². The molecule has 1 saturated carbocycles. The first-order valence-electron chi connectivity index (χ1n) is 10.4. The Labute approximate surface area is 175 Å². The zero-order chi connectivity index (χ0) is 21.5. The molecule has 0 aromatic heterocycles. The minimum Gasteiger partial charge on any atom is -0.390 e. The Morgan fingerprint density at radius 3 is 2.87 bits per heavy atom. The largest absolute Gasteiger partial charge is 0.390 e. The highest BCUT2D eigenvalue weighted by atomic mass is 16.3. The number of aromatic amines is 1. The molecule has 2 aliphatic heterocycles. The summed E-state index contributed by atoms with van der Waals surface area (Å²) in [6.45, 7) is 5.95.